The van der Waals surface area contributed by atoms with E-state index < -0.39 is 12.0 Å². The van der Waals surface area contributed by atoms with E-state index in [0.29, 0.717) is 12.1 Å². The van der Waals surface area contributed by atoms with Gasteiger partial charge in [0.2, 0.25) is 0 Å². The number of aliphatic carboxylic acids is 1. The largest absolute Gasteiger partial charge is 0.504 e. The minimum Gasteiger partial charge on any atom is -0.504 e. The number of rotatable bonds is 5. The van der Waals surface area contributed by atoms with Crippen molar-refractivity contribution in [1.29, 1.82) is 0 Å². The molecule has 2 rings (SSSR count). The molecule has 0 aliphatic heterocycles. The van der Waals surface area contributed by atoms with Crippen LogP contribution < -0.4 is 5.32 Å². The quantitative estimate of drug-likeness (QED) is 0.495. The maximum atomic E-state index is 11.3. The summed E-state index contributed by atoms with van der Waals surface area (Å²) in [6.07, 6.45) is 0.317. The van der Waals surface area contributed by atoms with Crippen LogP contribution in [0.1, 0.15) is 5.56 Å². The number of benzene rings is 2. The molecule has 0 radical (unpaired) electrons. The summed E-state index contributed by atoms with van der Waals surface area (Å²) in [5.41, 5.74) is 1.33. The van der Waals surface area contributed by atoms with Crippen LogP contribution in [-0.4, -0.2) is 27.3 Å². The van der Waals surface area contributed by atoms with Crippen LogP contribution in [0.15, 0.2) is 48.5 Å². The highest BCUT2D eigenvalue weighted by atomic mass is 16.4. The molecular formula is C15H15NO4. The molecule has 0 heterocycles. The van der Waals surface area contributed by atoms with Crippen LogP contribution in [0.5, 0.6) is 11.5 Å². The first-order valence-corrected chi connectivity index (χ1v) is 6.11. The highest BCUT2D eigenvalue weighted by molar-refractivity contribution is 5.78. The van der Waals surface area contributed by atoms with Crippen LogP contribution in [0.25, 0.3) is 0 Å². The van der Waals surface area contributed by atoms with E-state index in [-0.39, 0.29) is 11.5 Å². The third kappa shape index (κ3) is 3.41. The molecule has 1 atom stereocenters. The zero-order valence-electron chi connectivity index (χ0n) is 10.7. The Labute approximate surface area is 116 Å². The summed E-state index contributed by atoms with van der Waals surface area (Å²) in [6.45, 7) is 0. The molecule has 2 aromatic carbocycles. The zero-order valence-corrected chi connectivity index (χ0v) is 10.7. The van der Waals surface area contributed by atoms with Gasteiger partial charge in [-0.3, -0.25) is 0 Å². The van der Waals surface area contributed by atoms with Crippen molar-refractivity contribution >= 4 is 11.7 Å². The lowest BCUT2D eigenvalue weighted by Crippen LogP contribution is -2.31. The van der Waals surface area contributed by atoms with Gasteiger partial charge in [-0.2, -0.15) is 0 Å². The number of carbonyl (C=O) groups is 1. The van der Waals surface area contributed by atoms with Gasteiger partial charge in [0.25, 0.3) is 0 Å². The second-order valence-electron chi connectivity index (χ2n) is 4.43. The molecule has 104 valence electrons. The first kappa shape index (κ1) is 13.7. The van der Waals surface area contributed by atoms with Crippen molar-refractivity contribution in [3.05, 3.63) is 54.1 Å². The molecule has 0 aromatic heterocycles. The van der Waals surface area contributed by atoms with E-state index in [1.165, 1.54) is 18.2 Å². The topological polar surface area (TPSA) is 89.8 Å². The number of phenols is 2. The fourth-order valence-electron chi connectivity index (χ4n) is 1.86. The number of phenolic OH excluding ortho intramolecular Hbond substituents is 2. The van der Waals surface area contributed by atoms with Gasteiger partial charge in [-0.15, -0.1) is 0 Å². The highest BCUT2D eigenvalue weighted by Crippen LogP contribution is 2.27. The summed E-state index contributed by atoms with van der Waals surface area (Å²) in [5, 5.41) is 30.7. The van der Waals surface area contributed by atoms with E-state index in [1.807, 2.05) is 30.3 Å². The summed E-state index contributed by atoms with van der Waals surface area (Å²) in [6, 6.07) is 12.6. The number of carboxylic acids is 1. The molecule has 0 bridgehead atoms. The zero-order chi connectivity index (χ0) is 14.5. The molecule has 20 heavy (non-hydrogen) atoms. The molecule has 2 aromatic rings. The lowest BCUT2D eigenvalue weighted by Gasteiger charge is -2.16. The lowest BCUT2D eigenvalue weighted by molar-refractivity contribution is -0.137. The second kappa shape index (κ2) is 5.97. The number of nitrogens with one attached hydrogen (secondary N) is 1. The predicted octanol–water partition coefficient (Wildman–Crippen LogP) is 2.21. The van der Waals surface area contributed by atoms with Crippen molar-refractivity contribution in [2.75, 3.05) is 5.32 Å². The van der Waals surface area contributed by atoms with E-state index in [9.17, 15) is 20.1 Å². The minimum absolute atomic E-state index is 0.245. The average molecular weight is 273 g/mol. The summed E-state index contributed by atoms with van der Waals surface area (Å²) in [4.78, 5) is 11.3. The smallest absolute Gasteiger partial charge is 0.326 e. The van der Waals surface area contributed by atoms with Gasteiger partial charge in [-0.25, -0.2) is 4.79 Å². The molecule has 0 saturated carbocycles. The van der Waals surface area contributed by atoms with E-state index in [2.05, 4.69) is 5.32 Å². The molecule has 0 aliphatic rings. The highest BCUT2D eigenvalue weighted by Gasteiger charge is 2.18. The predicted molar refractivity (Wildman–Crippen MR) is 75.0 cm³/mol. The van der Waals surface area contributed by atoms with E-state index in [0.717, 1.165) is 5.56 Å². The Bertz CT molecular complexity index is 598. The molecule has 5 nitrogen and oxygen atoms in total. The number of hydrogen-bond acceptors (Lipinski definition) is 4. The summed E-state index contributed by atoms with van der Waals surface area (Å²) in [5.74, 6) is -1.52. The third-order valence-electron chi connectivity index (χ3n) is 2.90. The number of aromatic hydroxyl groups is 2. The lowest BCUT2D eigenvalue weighted by atomic mass is 10.1. The fourth-order valence-corrected chi connectivity index (χ4v) is 1.86. The second-order valence-corrected chi connectivity index (χ2v) is 4.43. The van der Waals surface area contributed by atoms with Crippen molar-refractivity contribution in [3.8, 4) is 11.5 Å². The van der Waals surface area contributed by atoms with Crippen LogP contribution in [-0.2, 0) is 11.2 Å². The minimum atomic E-state index is -0.985. The van der Waals surface area contributed by atoms with Crippen molar-refractivity contribution in [2.45, 2.75) is 12.5 Å². The van der Waals surface area contributed by atoms with Crippen LogP contribution in [0, 0.1) is 0 Å². The first-order chi connectivity index (χ1) is 9.56. The molecule has 0 amide bonds. The van der Waals surface area contributed by atoms with Crippen molar-refractivity contribution in [1.82, 2.24) is 0 Å². The van der Waals surface area contributed by atoms with Crippen LogP contribution in [0.2, 0.25) is 0 Å². The Kier molecular flexibility index (Phi) is 4.10. The summed E-state index contributed by atoms with van der Waals surface area (Å²) < 4.78 is 0. The molecule has 5 heteroatoms. The van der Waals surface area contributed by atoms with Gasteiger partial charge in [0.1, 0.15) is 6.04 Å². The number of anilines is 1. The van der Waals surface area contributed by atoms with E-state index in [1.54, 1.807) is 0 Å². The van der Waals surface area contributed by atoms with Crippen LogP contribution >= 0.6 is 0 Å². The van der Waals surface area contributed by atoms with Crippen LogP contribution in [0.4, 0.5) is 5.69 Å². The van der Waals surface area contributed by atoms with Crippen molar-refractivity contribution in [2.24, 2.45) is 0 Å². The molecule has 4 N–H and O–H groups in total. The SMILES string of the molecule is O=C(O)C(Cc1ccccc1)Nc1ccc(O)c(O)c1. The third-order valence-corrected chi connectivity index (χ3v) is 2.90. The van der Waals surface area contributed by atoms with Crippen molar-refractivity contribution in [3.63, 3.8) is 0 Å². The Morgan fingerprint density at radius 1 is 1.05 bits per heavy atom. The molecular weight excluding hydrogens is 258 g/mol. The van der Waals surface area contributed by atoms with Gasteiger partial charge < -0.3 is 20.6 Å². The Morgan fingerprint density at radius 3 is 2.35 bits per heavy atom. The Balaban J connectivity index is 2.13. The van der Waals surface area contributed by atoms with Crippen LogP contribution in [0.3, 0.4) is 0 Å². The molecule has 0 saturated heterocycles. The Morgan fingerprint density at radius 2 is 1.75 bits per heavy atom. The summed E-state index contributed by atoms with van der Waals surface area (Å²) >= 11 is 0. The van der Waals surface area contributed by atoms with Gasteiger partial charge in [0, 0.05) is 18.2 Å². The van der Waals surface area contributed by atoms with Gasteiger partial charge >= 0.3 is 5.97 Å². The standard InChI is InChI=1S/C15H15NO4/c17-13-7-6-11(9-14(13)18)16-12(15(19)20)8-10-4-2-1-3-5-10/h1-7,9,12,16-18H,8H2,(H,19,20). The normalized spacial score (nSPS) is 11.8. The molecule has 0 aliphatic carbocycles. The van der Waals surface area contributed by atoms with Gasteiger partial charge in [0.05, 0.1) is 0 Å². The van der Waals surface area contributed by atoms with E-state index in [4.69, 9.17) is 0 Å². The number of hydrogen-bond donors (Lipinski definition) is 4. The maximum Gasteiger partial charge on any atom is 0.326 e. The van der Waals surface area contributed by atoms with E-state index >= 15 is 0 Å². The first-order valence-electron chi connectivity index (χ1n) is 6.11. The van der Waals surface area contributed by atoms with Gasteiger partial charge in [-0.1, -0.05) is 30.3 Å². The monoisotopic (exact) mass is 273 g/mol. The fraction of sp³-hybridized carbons (Fsp3) is 0.133. The summed E-state index contributed by atoms with van der Waals surface area (Å²) in [7, 11) is 0. The molecule has 0 spiro atoms. The average Bonchev–Trinajstić information content (AvgIpc) is 2.43. The number of carboxylic acid groups (broad SMARTS) is 1. The van der Waals surface area contributed by atoms with Gasteiger partial charge in [0.15, 0.2) is 11.5 Å². The van der Waals surface area contributed by atoms with Crippen molar-refractivity contribution < 1.29 is 20.1 Å². The molecule has 1 unspecified atom stereocenters. The maximum absolute atomic E-state index is 11.3. The van der Waals surface area contributed by atoms with Gasteiger partial charge in [-0.05, 0) is 17.7 Å². The Hall–Kier alpha value is -2.69. The molecule has 0 fully saturated rings.